The van der Waals surface area contributed by atoms with E-state index in [1.54, 1.807) is 6.07 Å². The van der Waals surface area contributed by atoms with Crippen LogP contribution in [-0.2, 0) is 29.3 Å². The molecule has 0 fully saturated rings. The van der Waals surface area contributed by atoms with Gasteiger partial charge in [-0.2, -0.15) is 13.5 Å². The van der Waals surface area contributed by atoms with Gasteiger partial charge in [0, 0.05) is 57.3 Å². The number of carbonyl (C=O) groups excluding carboxylic acids is 1. The number of carboxylic acid groups (broad SMARTS) is 4. The van der Waals surface area contributed by atoms with Gasteiger partial charge in [-0.3, -0.25) is 39.1 Å². The van der Waals surface area contributed by atoms with Crippen molar-refractivity contribution in [2.45, 2.75) is 32.6 Å². The third kappa shape index (κ3) is 21.3. The Morgan fingerprint density at radius 1 is 0.898 bits per heavy atom. The average molecular weight is 731 g/mol. The summed E-state index contributed by atoms with van der Waals surface area (Å²) in [5, 5.41) is 44.4. The van der Waals surface area contributed by atoms with Crippen molar-refractivity contribution in [1.29, 1.82) is 0 Å². The number of aromatic nitrogens is 1. The molecule has 3 rings (SSSR count). The molecule has 0 spiro atoms. The lowest BCUT2D eigenvalue weighted by molar-refractivity contribution is -0.384. The van der Waals surface area contributed by atoms with Gasteiger partial charge in [-0.15, -0.1) is 0 Å². The minimum atomic E-state index is -4.52. The quantitative estimate of drug-likeness (QED) is 0.0957. The zero-order valence-corrected chi connectivity index (χ0v) is 27.8. The lowest BCUT2D eigenvalue weighted by atomic mass is 10.2. The molecule has 3 aromatic rings. The summed E-state index contributed by atoms with van der Waals surface area (Å²) in [6.45, 7) is 4.33. The van der Waals surface area contributed by atoms with E-state index in [-0.39, 0.29) is 22.1 Å². The highest BCUT2D eigenvalue weighted by molar-refractivity contribution is 7.87. The number of benzene rings is 2. The van der Waals surface area contributed by atoms with Crippen LogP contribution in [0.1, 0.15) is 43.6 Å². The Morgan fingerprint density at radius 2 is 1.39 bits per heavy atom. The van der Waals surface area contributed by atoms with Crippen LogP contribution < -0.4 is 14.3 Å². The number of ether oxygens (including phenoxy) is 1. The molecule has 0 bridgehead atoms. The van der Waals surface area contributed by atoms with Crippen LogP contribution in [0, 0.1) is 10.1 Å². The third-order valence-electron chi connectivity index (χ3n) is 4.14. The van der Waals surface area contributed by atoms with Gasteiger partial charge in [0.2, 0.25) is 0 Å². The number of nitro groups is 1. The van der Waals surface area contributed by atoms with Crippen LogP contribution in [0.25, 0.3) is 0 Å². The second-order valence-corrected chi connectivity index (χ2v) is 10.3. The van der Waals surface area contributed by atoms with Gasteiger partial charge in [0.15, 0.2) is 11.5 Å². The highest BCUT2D eigenvalue weighted by Crippen LogP contribution is 2.34. The number of carbonyl (C=O) groups is 5. The Bertz CT molecular complexity index is 1670. The summed E-state index contributed by atoms with van der Waals surface area (Å²) in [5.74, 6) is -4.04. The molecule has 1 heterocycles. The second kappa shape index (κ2) is 23.2. The minimum absolute atomic E-state index is 0.0476. The molecule has 0 aliphatic rings. The molecule has 49 heavy (non-hydrogen) atoms. The Labute approximate surface area is 283 Å². The second-order valence-electron chi connectivity index (χ2n) is 8.30. The lowest BCUT2D eigenvalue weighted by Crippen LogP contribution is -2.17. The molecule has 0 unspecified atom stereocenters. The molecular formula is C28H31ClN4O15S. The van der Waals surface area contributed by atoms with Crippen molar-refractivity contribution in [3.8, 4) is 11.5 Å². The molecule has 0 aliphatic heterocycles. The van der Waals surface area contributed by atoms with Gasteiger partial charge < -0.3 is 29.3 Å². The number of pyridine rings is 1. The molecule has 266 valence electrons. The molecular weight excluding hydrogens is 700 g/mol. The normalized spacial score (nSPS) is 9.59. The molecule has 21 heteroatoms. The van der Waals surface area contributed by atoms with Crippen molar-refractivity contribution in [3.63, 3.8) is 0 Å². The van der Waals surface area contributed by atoms with Crippen molar-refractivity contribution in [2.24, 2.45) is 5.10 Å². The molecule has 0 aliphatic carbocycles. The standard InChI is InChI=1S/C20H15ClN4O7S.4C2H4O2/c1-31-18-4-2-3-14(12-23-24-20(26)13-7-9-22-10-8-13)19(18)32-33(29,30)15-5-6-16(21)17(11-15)25(27)28;4*1-2(3)4/h2-12H,1H3,(H,24,26);4*1H3,(H,3,4)/b23-12+;;;;. The van der Waals surface area contributed by atoms with Gasteiger partial charge in [0.05, 0.1) is 18.2 Å². The summed E-state index contributed by atoms with van der Waals surface area (Å²) in [4.78, 5) is 61.7. The SMILES string of the molecule is CC(=O)O.CC(=O)O.CC(=O)O.CC(=O)O.COc1cccc(/C=N/NC(=O)c2ccncc2)c1OS(=O)(=O)c1ccc(Cl)c([N+](=O)[O-])c1. The van der Waals surface area contributed by atoms with E-state index in [1.807, 2.05) is 0 Å². The number of hydrazone groups is 1. The summed E-state index contributed by atoms with van der Waals surface area (Å²) in [6, 6.07) is 10.4. The summed E-state index contributed by atoms with van der Waals surface area (Å²) in [7, 11) is -3.22. The maximum absolute atomic E-state index is 12.8. The van der Waals surface area contributed by atoms with E-state index in [1.165, 1.54) is 43.8 Å². The number of aliphatic carboxylic acids is 4. The zero-order chi connectivity index (χ0) is 38.3. The van der Waals surface area contributed by atoms with E-state index in [0.717, 1.165) is 52.1 Å². The maximum Gasteiger partial charge on any atom is 0.339 e. The number of carboxylic acids is 4. The van der Waals surface area contributed by atoms with Crippen LogP contribution in [0.5, 0.6) is 11.5 Å². The first kappa shape index (κ1) is 45.0. The summed E-state index contributed by atoms with van der Waals surface area (Å²) >= 11 is 5.75. The fourth-order valence-corrected chi connectivity index (χ4v) is 3.73. The average Bonchev–Trinajstić information content (AvgIpc) is 2.97. The number of hydrogen-bond acceptors (Lipinski definition) is 13. The molecule has 1 amide bonds. The predicted molar refractivity (Wildman–Crippen MR) is 171 cm³/mol. The molecule has 0 saturated heterocycles. The topological polar surface area (TPSA) is 299 Å². The Kier molecular flexibility index (Phi) is 21.3. The summed E-state index contributed by atoms with van der Waals surface area (Å²) in [5.41, 5.74) is 2.17. The van der Waals surface area contributed by atoms with Crippen molar-refractivity contribution in [1.82, 2.24) is 10.4 Å². The van der Waals surface area contributed by atoms with Crippen molar-refractivity contribution < 1.29 is 66.7 Å². The van der Waals surface area contributed by atoms with E-state index in [9.17, 15) is 23.3 Å². The van der Waals surface area contributed by atoms with E-state index in [4.69, 9.17) is 60.1 Å². The van der Waals surface area contributed by atoms with E-state index < -0.39 is 55.4 Å². The Morgan fingerprint density at radius 3 is 1.84 bits per heavy atom. The molecule has 0 radical (unpaired) electrons. The van der Waals surface area contributed by atoms with Crippen molar-refractivity contribution in [2.75, 3.05) is 7.11 Å². The van der Waals surface area contributed by atoms with Crippen molar-refractivity contribution >= 4 is 63.4 Å². The Hall–Kier alpha value is -6.15. The molecule has 19 nitrogen and oxygen atoms in total. The third-order valence-corrected chi connectivity index (χ3v) is 5.67. The highest BCUT2D eigenvalue weighted by Gasteiger charge is 2.25. The number of rotatable bonds is 8. The monoisotopic (exact) mass is 730 g/mol. The van der Waals surface area contributed by atoms with Gasteiger partial charge in [0.25, 0.3) is 35.5 Å². The smallest absolute Gasteiger partial charge is 0.339 e. The number of methoxy groups -OCH3 is 1. The number of halogens is 1. The zero-order valence-electron chi connectivity index (χ0n) is 26.3. The molecule has 1 aromatic heterocycles. The van der Waals surface area contributed by atoms with E-state index in [2.05, 4.69) is 15.5 Å². The highest BCUT2D eigenvalue weighted by atomic mass is 35.5. The number of para-hydroxylation sites is 1. The predicted octanol–water partition coefficient (Wildman–Crippen LogP) is 3.55. The van der Waals surface area contributed by atoms with Crippen LogP contribution in [0.2, 0.25) is 5.02 Å². The van der Waals surface area contributed by atoms with Gasteiger partial charge in [-0.1, -0.05) is 17.7 Å². The number of nitro benzene ring substituents is 1. The lowest BCUT2D eigenvalue weighted by Gasteiger charge is -2.13. The van der Waals surface area contributed by atoms with E-state index in [0.29, 0.717) is 5.56 Å². The molecule has 5 N–H and O–H groups in total. The van der Waals surface area contributed by atoms with Crippen LogP contribution >= 0.6 is 11.6 Å². The number of hydrogen-bond donors (Lipinski definition) is 5. The van der Waals surface area contributed by atoms with Crippen LogP contribution in [0.3, 0.4) is 0 Å². The first-order valence-corrected chi connectivity index (χ1v) is 14.5. The fraction of sp³-hybridized carbons (Fsp3) is 0.179. The fourth-order valence-electron chi connectivity index (χ4n) is 2.56. The van der Waals surface area contributed by atoms with Gasteiger partial charge in [-0.25, -0.2) is 5.43 Å². The Balaban J connectivity index is 0. The van der Waals surface area contributed by atoms with Crippen molar-refractivity contribution in [3.05, 3.63) is 87.2 Å². The van der Waals surface area contributed by atoms with Crippen LogP contribution in [-0.4, -0.2) is 81.9 Å². The number of amides is 1. The van der Waals surface area contributed by atoms with Crippen LogP contribution in [0.4, 0.5) is 5.69 Å². The first-order valence-electron chi connectivity index (χ1n) is 12.7. The van der Waals surface area contributed by atoms with Gasteiger partial charge in [-0.05, 0) is 36.4 Å². The molecule has 2 aromatic carbocycles. The summed E-state index contributed by atoms with van der Waals surface area (Å²) < 4.78 is 36.0. The molecule has 0 saturated carbocycles. The largest absolute Gasteiger partial charge is 0.493 e. The number of nitrogens with zero attached hydrogens (tertiary/aromatic N) is 3. The summed E-state index contributed by atoms with van der Waals surface area (Å²) in [6.07, 6.45) is 4.05. The number of nitrogens with one attached hydrogen (secondary N) is 1. The molecule has 0 atom stereocenters. The minimum Gasteiger partial charge on any atom is -0.493 e. The van der Waals surface area contributed by atoms with Gasteiger partial charge in [0.1, 0.15) is 9.92 Å². The van der Waals surface area contributed by atoms with E-state index >= 15 is 0 Å². The first-order chi connectivity index (χ1) is 22.7. The van der Waals surface area contributed by atoms with Gasteiger partial charge >= 0.3 is 10.1 Å². The van der Waals surface area contributed by atoms with Crippen LogP contribution in [0.15, 0.2) is 70.9 Å². The maximum atomic E-state index is 12.8.